The lowest BCUT2D eigenvalue weighted by Crippen LogP contribution is -2.38. The third-order valence-corrected chi connectivity index (χ3v) is 4.82. The van der Waals surface area contributed by atoms with E-state index in [4.69, 9.17) is 4.52 Å². The Bertz CT molecular complexity index is 831. The van der Waals surface area contributed by atoms with Gasteiger partial charge < -0.3 is 14.7 Å². The van der Waals surface area contributed by atoms with E-state index in [2.05, 4.69) is 56.8 Å². The maximum Gasteiger partial charge on any atom is 0.151 e. The molecule has 0 amide bonds. The minimum absolute atomic E-state index is 0.436. The summed E-state index contributed by atoms with van der Waals surface area (Å²) in [7, 11) is 0. The molecule has 0 bridgehead atoms. The molecule has 2 aromatic heterocycles. The molecule has 1 N–H and O–H groups in total. The van der Waals surface area contributed by atoms with Gasteiger partial charge in [-0.15, -0.1) is 5.10 Å². The van der Waals surface area contributed by atoms with Crippen LogP contribution >= 0.6 is 0 Å². The van der Waals surface area contributed by atoms with Crippen molar-refractivity contribution in [2.24, 2.45) is 0 Å². The molecular formula is C20H23N5O. The van der Waals surface area contributed by atoms with E-state index >= 15 is 0 Å². The van der Waals surface area contributed by atoms with Gasteiger partial charge in [0, 0.05) is 37.0 Å². The van der Waals surface area contributed by atoms with E-state index in [-0.39, 0.29) is 0 Å². The first-order chi connectivity index (χ1) is 12.8. The van der Waals surface area contributed by atoms with E-state index in [0.717, 1.165) is 42.3 Å². The normalized spacial score (nSPS) is 17.0. The summed E-state index contributed by atoms with van der Waals surface area (Å²) in [6, 6.07) is 14.7. The number of anilines is 1. The molecule has 3 aromatic rings. The molecule has 0 saturated carbocycles. The standard InChI is InChI=1S/C20H23N5O/c1-15-6-8-16(9-7-15)19-12-18(26-24-19)14-21-13-17-4-3-11-25(17)20-5-2-10-22-23-20/h2,5-10,12,17,21H,3-4,11,13-14H2,1H3/t17-/m0/s1. The van der Waals surface area contributed by atoms with Crippen molar-refractivity contribution < 1.29 is 4.52 Å². The molecule has 0 spiro atoms. The molecule has 1 fully saturated rings. The summed E-state index contributed by atoms with van der Waals surface area (Å²) in [5, 5.41) is 15.9. The smallest absolute Gasteiger partial charge is 0.151 e. The fraction of sp³-hybridized carbons (Fsp3) is 0.350. The number of hydrogen-bond donors (Lipinski definition) is 1. The lowest BCUT2D eigenvalue weighted by molar-refractivity contribution is 0.372. The molecule has 1 aliphatic rings. The van der Waals surface area contributed by atoms with Crippen molar-refractivity contribution >= 4 is 5.82 Å². The topological polar surface area (TPSA) is 67.1 Å². The Hall–Kier alpha value is -2.73. The van der Waals surface area contributed by atoms with Crippen LogP contribution in [0.25, 0.3) is 11.3 Å². The molecule has 26 heavy (non-hydrogen) atoms. The first-order valence-corrected chi connectivity index (χ1v) is 9.07. The van der Waals surface area contributed by atoms with Crippen LogP contribution in [-0.4, -0.2) is 34.5 Å². The zero-order valence-corrected chi connectivity index (χ0v) is 14.9. The van der Waals surface area contributed by atoms with Gasteiger partial charge in [-0.2, -0.15) is 5.10 Å². The van der Waals surface area contributed by atoms with Crippen molar-refractivity contribution in [3.63, 3.8) is 0 Å². The Balaban J connectivity index is 1.33. The predicted octanol–water partition coefficient (Wildman–Crippen LogP) is 3.20. The van der Waals surface area contributed by atoms with Crippen LogP contribution in [0.15, 0.2) is 53.2 Å². The highest BCUT2D eigenvalue weighted by Gasteiger charge is 2.25. The Morgan fingerprint density at radius 3 is 2.92 bits per heavy atom. The van der Waals surface area contributed by atoms with Gasteiger partial charge in [-0.25, -0.2) is 0 Å². The Labute approximate surface area is 153 Å². The fourth-order valence-corrected chi connectivity index (χ4v) is 3.41. The summed E-state index contributed by atoms with van der Waals surface area (Å²) in [6.07, 6.45) is 4.06. The third-order valence-electron chi connectivity index (χ3n) is 4.82. The fourth-order valence-electron chi connectivity index (χ4n) is 3.41. The molecule has 134 valence electrons. The Morgan fingerprint density at radius 2 is 2.12 bits per heavy atom. The van der Waals surface area contributed by atoms with Crippen molar-refractivity contribution in [3.8, 4) is 11.3 Å². The molecule has 0 unspecified atom stereocenters. The number of nitrogens with zero attached hydrogens (tertiary/aromatic N) is 4. The van der Waals surface area contributed by atoms with Crippen LogP contribution in [0.5, 0.6) is 0 Å². The first-order valence-electron chi connectivity index (χ1n) is 9.07. The monoisotopic (exact) mass is 349 g/mol. The van der Waals surface area contributed by atoms with Gasteiger partial charge in [0.25, 0.3) is 0 Å². The molecule has 0 aliphatic carbocycles. The van der Waals surface area contributed by atoms with Gasteiger partial charge in [0.15, 0.2) is 11.6 Å². The van der Waals surface area contributed by atoms with Crippen LogP contribution in [0.1, 0.15) is 24.2 Å². The summed E-state index contributed by atoms with van der Waals surface area (Å²) in [4.78, 5) is 2.33. The highest BCUT2D eigenvalue weighted by molar-refractivity contribution is 5.59. The van der Waals surface area contributed by atoms with Gasteiger partial charge in [-0.05, 0) is 31.9 Å². The number of benzene rings is 1. The Kier molecular flexibility index (Phi) is 4.93. The number of hydrogen-bond acceptors (Lipinski definition) is 6. The predicted molar refractivity (Wildman–Crippen MR) is 101 cm³/mol. The highest BCUT2D eigenvalue weighted by atomic mass is 16.5. The molecule has 3 heterocycles. The molecule has 6 nitrogen and oxygen atoms in total. The van der Waals surface area contributed by atoms with Crippen molar-refractivity contribution in [2.75, 3.05) is 18.0 Å². The van der Waals surface area contributed by atoms with E-state index in [9.17, 15) is 0 Å². The molecule has 4 rings (SSSR count). The maximum absolute atomic E-state index is 5.48. The number of rotatable bonds is 6. The van der Waals surface area contributed by atoms with Crippen molar-refractivity contribution in [1.29, 1.82) is 0 Å². The average Bonchev–Trinajstić information content (AvgIpc) is 3.33. The second kappa shape index (κ2) is 7.66. The number of aryl methyl sites for hydroxylation is 1. The van der Waals surface area contributed by atoms with Crippen LogP contribution in [0, 0.1) is 6.92 Å². The zero-order chi connectivity index (χ0) is 17.8. The van der Waals surface area contributed by atoms with Crippen LogP contribution in [0.4, 0.5) is 5.82 Å². The lowest BCUT2D eigenvalue weighted by atomic mass is 10.1. The van der Waals surface area contributed by atoms with Gasteiger partial charge in [-0.3, -0.25) is 0 Å². The summed E-state index contributed by atoms with van der Waals surface area (Å²) in [5.41, 5.74) is 3.20. The van der Waals surface area contributed by atoms with E-state index in [1.165, 1.54) is 12.0 Å². The van der Waals surface area contributed by atoms with Gasteiger partial charge >= 0.3 is 0 Å². The van der Waals surface area contributed by atoms with Crippen LogP contribution in [0.2, 0.25) is 0 Å². The summed E-state index contributed by atoms with van der Waals surface area (Å²) in [6.45, 7) is 4.67. The summed E-state index contributed by atoms with van der Waals surface area (Å²) >= 11 is 0. The van der Waals surface area contributed by atoms with Crippen molar-refractivity contribution in [1.82, 2.24) is 20.7 Å². The van der Waals surface area contributed by atoms with Gasteiger partial charge in [-0.1, -0.05) is 35.0 Å². The molecule has 0 radical (unpaired) electrons. The molecule has 1 saturated heterocycles. The summed E-state index contributed by atoms with van der Waals surface area (Å²) in [5.74, 6) is 1.81. The SMILES string of the molecule is Cc1ccc(-c2cc(CNC[C@@H]3CCCN3c3cccnn3)on2)cc1. The van der Waals surface area contributed by atoms with E-state index in [1.54, 1.807) is 6.20 Å². The lowest BCUT2D eigenvalue weighted by Gasteiger charge is -2.25. The molecule has 6 heteroatoms. The second-order valence-corrected chi connectivity index (χ2v) is 6.75. The maximum atomic E-state index is 5.48. The highest BCUT2D eigenvalue weighted by Crippen LogP contribution is 2.23. The van der Waals surface area contributed by atoms with Crippen LogP contribution < -0.4 is 10.2 Å². The van der Waals surface area contributed by atoms with Crippen LogP contribution in [0.3, 0.4) is 0 Å². The van der Waals surface area contributed by atoms with Gasteiger partial charge in [0.1, 0.15) is 5.69 Å². The van der Waals surface area contributed by atoms with E-state index < -0.39 is 0 Å². The molecule has 1 aliphatic heterocycles. The van der Waals surface area contributed by atoms with E-state index in [0.29, 0.717) is 12.6 Å². The van der Waals surface area contributed by atoms with E-state index in [1.807, 2.05) is 18.2 Å². The molecular weight excluding hydrogens is 326 g/mol. The second-order valence-electron chi connectivity index (χ2n) is 6.75. The summed E-state index contributed by atoms with van der Waals surface area (Å²) < 4.78 is 5.48. The average molecular weight is 349 g/mol. The Morgan fingerprint density at radius 1 is 1.23 bits per heavy atom. The van der Waals surface area contributed by atoms with Crippen molar-refractivity contribution in [3.05, 3.63) is 60.0 Å². The molecule has 1 aromatic carbocycles. The first kappa shape index (κ1) is 16.7. The number of aromatic nitrogens is 3. The zero-order valence-electron chi connectivity index (χ0n) is 14.9. The quantitative estimate of drug-likeness (QED) is 0.737. The third kappa shape index (κ3) is 3.75. The van der Waals surface area contributed by atoms with Crippen molar-refractivity contribution in [2.45, 2.75) is 32.4 Å². The molecule has 1 atom stereocenters. The minimum Gasteiger partial charge on any atom is -0.359 e. The van der Waals surface area contributed by atoms with Gasteiger partial charge in [0.05, 0.1) is 6.54 Å². The largest absolute Gasteiger partial charge is 0.359 e. The minimum atomic E-state index is 0.436. The van der Waals surface area contributed by atoms with Gasteiger partial charge in [0.2, 0.25) is 0 Å². The number of nitrogens with one attached hydrogen (secondary N) is 1. The van der Waals surface area contributed by atoms with Crippen LogP contribution in [-0.2, 0) is 6.54 Å².